The molecule has 0 atom stereocenters. The van der Waals surface area contributed by atoms with Crippen molar-refractivity contribution in [3.8, 4) is 33.6 Å². The molecular formula is C24H21N7. The van der Waals surface area contributed by atoms with E-state index in [2.05, 4.69) is 49.4 Å². The van der Waals surface area contributed by atoms with Crippen LogP contribution in [-0.2, 0) is 13.1 Å². The van der Waals surface area contributed by atoms with E-state index in [0.29, 0.717) is 0 Å². The highest BCUT2D eigenvalue weighted by atomic mass is 15.3. The van der Waals surface area contributed by atoms with Crippen molar-refractivity contribution in [1.29, 1.82) is 0 Å². The van der Waals surface area contributed by atoms with Gasteiger partial charge in [0, 0.05) is 53.3 Å². The van der Waals surface area contributed by atoms with E-state index in [9.17, 15) is 0 Å². The molecule has 5 heterocycles. The van der Waals surface area contributed by atoms with Crippen molar-refractivity contribution >= 4 is 10.9 Å². The lowest BCUT2D eigenvalue weighted by Crippen LogP contribution is -2.28. The molecule has 7 heteroatoms. The predicted octanol–water partition coefficient (Wildman–Crippen LogP) is 3.96. The van der Waals surface area contributed by atoms with Crippen LogP contribution in [0.5, 0.6) is 0 Å². The molecule has 1 aliphatic rings. The summed E-state index contributed by atoms with van der Waals surface area (Å²) in [5.74, 6) is 0. The molecule has 0 amide bonds. The average molecular weight is 407 g/mol. The molecule has 0 unspecified atom stereocenters. The van der Waals surface area contributed by atoms with Crippen LogP contribution in [0.4, 0.5) is 0 Å². The van der Waals surface area contributed by atoms with Gasteiger partial charge in [0.05, 0.1) is 29.6 Å². The molecule has 5 aromatic rings. The number of rotatable bonds is 3. The summed E-state index contributed by atoms with van der Waals surface area (Å²) in [5, 5.41) is 16.5. The normalized spacial score (nSPS) is 13.5. The van der Waals surface area contributed by atoms with Crippen LogP contribution in [0.25, 0.3) is 44.5 Å². The van der Waals surface area contributed by atoms with Gasteiger partial charge < -0.3 is 5.32 Å². The lowest BCUT2D eigenvalue weighted by Gasteiger charge is -2.16. The monoisotopic (exact) mass is 407 g/mol. The number of nitrogens with one attached hydrogen (secondary N) is 2. The molecule has 2 N–H and O–H groups in total. The van der Waals surface area contributed by atoms with Crippen LogP contribution in [0.3, 0.4) is 0 Å². The van der Waals surface area contributed by atoms with Crippen molar-refractivity contribution in [2.24, 2.45) is 0 Å². The third kappa shape index (κ3) is 3.10. The van der Waals surface area contributed by atoms with Crippen molar-refractivity contribution in [2.75, 3.05) is 6.54 Å². The summed E-state index contributed by atoms with van der Waals surface area (Å²) in [6, 6.07) is 14.7. The van der Waals surface area contributed by atoms with Gasteiger partial charge in [0.15, 0.2) is 0 Å². The number of fused-ring (bicyclic) bond motifs is 2. The van der Waals surface area contributed by atoms with E-state index < -0.39 is 0 Å². The fourth-order valence-electron chi connectivity index (χ4n) is 4.26. The largest absolute Gasteiger partial charge is 0.309 e. The first-order chi connectivity index (χ1) is 15.3. The molecule has 0 radical (unpaired) electrons. The molecule has 31 heavy (non-hydrogen) atoms. The second-order valence-electron chi connectivity index (χ2n) is 7.85. The molecule has 6 rings (SSSR count). The van der Waals surface area contributed by atoms with Gasteiger partial charge in [-0.2, -0.15) is 10.2 Å². The van der Waals surface area contributed by atoms with Gasteiger partial charge in [0.1, 0.15) is 5.69 Å². The number of nitrogens with zero attached hydrogens (tertiary/aromatic N) is 5. The van der Waals surface area contributed by atoms with Gasteiger partial charge in [-0.3, -0.25) is 19.7 Å². The molecule has 1 aromatic carbocycles. The highest BCUT2D eigenvalue weighted by Gasteiger charge is 2.23. The second-order valence-corrected chi connectivity index (χ2v) is 7.85. The van der Waals surface area contributed by atoms with Crippen LogP contribution in [0.15, 0.2) is 61.1 Å². The zero-order valence-corrected chi connectivity index (χ0v) is 17.1. The number of hydrogen-bond acceptors (Lipinski definition) is 5. The Hall–Kier alpha value is -3.84. The summed E-state index contributed by atoms with van der Waals surface area (Å²) in [7, 11) is 0. The number of pyridine rings is 2. The zero-order valence-electron chi connectivity index (χ0n) is 17.1. The maximum Gasteiger partial charge on any atom is 0.119 e. The SMILES string of the molecule is Cc1cccc(-c2nn3c(c2-c2ccc4ncc(-c5cn[nH]c5)cc4c2)CNCC3)n1. The van der Waals surface area contributed by atoms with Crippen molar-refractivity contribution in [3.05, 3.63) is 72.4 Å². The van der Waals surface area contributed by atoms with E-state index in [0.717, 1.165) is 69.9 Å². The highest BCUT2D eigenvalue weighted by Crippen LogP contribution is 2.36. The summed E-state index contributed by atoms with van der Waals surface area (Å²) in [6.07, 6.45) is 5.59. The number of benzene rings is 1. The zero-order chi connectivity index (χ0) is 20.8. The van der Waals surface area contributed by atoms with Crippen molar-refractivity contribution in [1.82, 2.24) is 35.3 Å². The molecular weight excluding hydrogens is 386 g/mol. The molecule has 0 saturated carbocycles. The van der Waals surface area contributed by atoms with Crippen LogP contribution < -0.4 is 5.32 Å². The Bertz CT molecular complexity index is 1400. The fraction of sp³-hybridized carbons (Fsp3) is 0.167. The predicted molar refractivity (Wildman–Crippen MR) is 120 cm³/mol. The molecule has 152 valence electrons. The first-order valence-electron chi connectivity index (χ1n) is 10.4. The molecule has 0 aliphatic carbocycles. The topological polar surface area (TPSA) is 84.3 Å². The smallest absolute Gasteiger partial charge is 0.119 e. The van der Waals surface area contributed by atoms with Gasteiger partial charge in [-0.1, -0.05) is 12.1 Å². The third-order valence-electron chi connectivity index (χ3n) is 5.78. The van der Waals surface area contributed by atoms with Crippen molar-refractivity contribution in [2.45, 2.75) is 20.0 Å². The van der Waals surface area contributed by atoms with Crippen LogP contribution in [0, 0.1) is 6.92 Å². The first kappa shape index (κ1) is 18.0. The van der Waals surface area contributed by atoms with E-state index in [1.165, 1.54) is 5.69 Å². The first-order valence-corrected chi connectivity index (χ1v) is 10.4. The minimum atomic E-state index is 0.791. The van der Waals surface area contributed by atoms with Gasteiger partial charge in [-0.25, -0.2) is 0 Å². The van der Waals surface area contributed by atoms with E-state index in [1.54, 1.807) is 0 Å². The van der Waals surface area contributed by atoms with Crippen LogP contribution in [0.1, 0.15) is 11.4 Å². The number of H-pyrrole nitrogens is 1. The quantitative estimate of drug-likeness (QED) is 0.473. The van der Waals surface area contributed by atoms with Gasteiger partial charge in [0.2, 0.25) is 0 Å². The minimum Gasteiger partial charge on any atom is -0.309 e. The molecule has 0 spiro atoms. The van der Waals surface area contributed by atoms with Crippen LogP contribution >= 0.6 is 0 Å². The molecule has 0 saturated heterocycles. The highest BCUT2D eigenvalue weighted by molar-refractivity contribution is 5.91. The number of aryl methyl sites for hydroxylation is 1. The Morgan fingerprint density at radius 1 is 1.00 bits per heavy atom. The number of aromatic nitrogens is 6. The molecule has 0 bridgehead atoms. The van der Waals surface area contributed by atoms with Gasteiger partial charge >= 0.3 is 0 Å². The Morgan fingerprint density at radius 3 is 2.81 bits per heavy atom. The summed E-state index contributed by atoms with van der Waals surface area (Å²) in [4.78, 5) is 9.42. The third-order valence-corrected chi connectivity index (χ3v) is 5.78. The maximum atomic E-state index is 4.96. The maximum absolute atomic E-state index is 4.96. The van der Waals surface area contributed by atoms with Crippen molar-refractivity contribution in [3.63, 3.8) is 0 Å². The summed E-state index contributed by atoms with van der Waals surface area (Å²) in [6.45, 7) is 4.58. The van der Waals surface area contributed by atoms with E-state index in [-0.39, 0.29) is 0 Å². The van der Waals surface area contributed by atoms with Crippen molar-refractivity contribution < 1.29 is 0 Å². The van der Waals surface area contributed by atoms with E-state index >= 15 is 0 Å². The Balaban J connectivity index is 1.55. The standard InChI is InChI=1S/C24H21N7/c1-15-3-2-4-21(29-15)24-23(22-14-25-7-8-31(22)30-24)16-5-6-20-17(9-16)10-18(11-26-20)19-12-27-28-13-19/h2-6,9-13,25H,7-8,14H2,1H3,(H,27,28). The van der Waals surface area contributed by atoms with Gasteiger partial charge in [0.25, 0.3) is 0 Å². The number of hydrogen-bond donors (Lipinski definition) is 2. The lowest BCUT2D eigenvalue weighted by molar-refractivity contribution is 0.477. The molecule has 1 aliphatic heterocycles. The van der Waals surface area contributed by atoms with Gasteiger partial charge in [-0.05, 0) is 42.8 Å². The Morgan fingerprint density at radius 2 is 1.94 bits per heavy atom. The van der Waals surface area contributed by atoms with Crippen LogP contribution in [0.2, 0.25) is 0 Å². The van der Waals surface area contributed by atoms with E-state index in [4.69, 9.17) is 10.1 Å². The van der Waals surface area contributed by atoms with Crippen LogP contribution in [-0.4, -0.2) is 36.5 Å². The summed E-state index contributed by atoms with van der Waals surface area (Å²) in [5.41, 5.74) is 9.31. The Kier molecular flexibility index (Phi) is 4.14. The molecule has 0 fully saturated rings. The van der Waals surface area contributed by atoms with E-state index in [1.807, 2.05) is 43.7 Å². The summed E-state index contributed by atoms with van der Waals surface area (Å²) < 4.78 is 2.12. The Labute approximate surface area is 179 Å². The molecule has 7 nitrogen and oxygen atoms in total. The minimum absolute atomic E-state index is 0.791. The summed E-state index contributed by atoms with van der Waals surface area (Å²) >= 11 is 0. The average Bonchev–Trinajstić information content (AvgIpc) is 3.47. The van der Waals surface area contributed by atoms with Gasteiger partial charge in [-0.15, -0.1) is 0 Å². The lowest BCUT2D eigenvalue weighted by atomic mass is 9.98. The number of aromatic amines is 1. The molecule has 4 aromatic heterocycles. The second kappa shape index (κ2) is 7.14. The fourth-order valence-corrected chi connectivity index (χ4v) is 4.26.